The summed E-state index contributed by atoms with van der Waals surface area (Å²) in [4.78, 5) is 9.69. The molecule has 4 aromatic rings. The third kappa shape index (κ3) is 3.37. The molecule has 1 aliphatic heterocycles. The second-order valence-electron chi connectivity index (χ2n) is 8.15. The minimum absolute atomic E-state index is 0.00484. The van der Waals surface area contributed by atoms with E-state index in [-0.39, 0.29) is 11.9 Å². The average Bonchev–Trinajstić information content (AvgIpc) is 3.36. The molecule has 2 aromatic carbocycles. The fraction of sp³-hybridized carbons (Fsp3) is 0.261. The number of hydrogen-bond acceptors (Lipinski definition) is 5. The van der Waals surface area contributed by atoms with Crippen molar-refractivity contribution >= 4 is 26.7 Å². The van der Waals surface area contributed by atoms with Gasteiger partial charge in [-0.2, -0.15) is 0 Å². The fourth-order valence-electron chi connectivity index (χ4n) is 4.29. The minimum Gasteiger partial charge on any atom is -0.455 e. The summed E-state index contributed by atoms with van der Waals surface area (Å²) in [6.07, 6.45) is 4.61. The maximum Gasteiger partial charge on any atom is 0.232 e. The van der Waals surface area contributed by atoms with Gasteiger partial charge in [-0.25, -0.2) is 17.8 Å². The highest BCUT2D eigenvalue weighted by molar-refractivity contribution is 7.92. The zero-order valence-electron chi connectivity index (χ0n) is 18.0. The van der Waals surface area contributed by atoms with Crippen LogP contribution in [0.2, 0.25) is 0 Å². The van der Waals surface area contributed by atoms with Crippen LogP contribution in [0.3, 0.4) is 0 Å². The van der Waals surface area contributed by atoms with Gasteiger partial charge in [0.05, 0.1) is 17.5 Å². The molecule has 0 amide bonds. The van der Waals surface area contributed by atoms with Crippen molar-refractivity contribution < 1.29 is 17.2 Å². The van der Waals surface area contributed by atoms with Gasteiger partial charge in [0.1, 0.15) is 23.0 Å². The van der Waals surface area contributed by atoms with Crippen LogP contribution in [-0.2, 0) is 10.0 Å². The number of nitrogens with one attached hydrogen (secondary N) is 1. The van der Waals surface area contributed by atoms with Gasteiger partial charge in [-0.3, -0.25) is 9.21 Å². The molecule has 32 heavy (non-hydrogen) atoms. The number of imidazole rings is 1. The van der Waals surface area contributed by atoms with Crippen molar-refractivity contribution in [2.24, 2.45) is 0 Å². The van der Waals surface area contributed by atoms with Gasteiger partial charge in [0, 0.05) is 48.5 Å². The smallest absolute Gasteiger partial charge is 0.232 e. The summed E-state index contributed by atoms with van der Waals surface area (Å²) < 4.78 is 46.4. The second-order valence-corrected chi connectivity index (χ2v) is 10.1. The van der Waals surface area contributed by atoms with Gasteiger partial charge in [-0.05, 0) is 49.9 Å². The van der Waals surface area contributed by atoms with Crippen molar-refractivity contribution in [3.63, 3.8) is 0 Å². The summed E-state index contributed by atoms with van der Waals surface area (Å²) in [7, 11) is -1.49. The van der Waals surface area contributed by atoms with Gasteiger partial charge in [0.15, 0.2) is 0 Å². The Bertz CT molecular complexity index is 1400. The number of anilines is 1. The van der Waals surface area contributed by atoms with Crippen LogP contribution in [0.4, 0.5) is 10.1 Å². The number of benzene rings is 2. The van der Waals surface area contributed by atoms with Gasteiger partial charge >= 0.3 is 0 Å². The Balaban J connectivity index is 1.83. The first-order valence-electron chi connectivity index (χ1n) is 10.3. The number of fused-ring (bicyclic) bond motifs is 2. The molecule has 9 heteroatoms. The number of sulfonamides is 1. The molecule has 0 aliphatic carbocycles. The molecule has 1 atom stereocenters. The monoisotopic (exact) mass is 454 g/mol. The molecule has 0 bridgehead atoms. The molecule has 1 aliphatic rings. The van der Waals surface area contributed by atoms with E-state index < -0.39 is 10.0 Å². The average molecular weight is 455 g/mol. The highest BCUT2D eigenvalue weighted by Crippen LogP contribution is 2.44. The molecule has 3 heterocycles. The predicted molar refractivity (Wildman–Crippen MR) is 122 cm³/mol. The number of aromatic amines is 1. The highest BCUT2D eigenvalue weighted by Gasteiger charge is 2.31. The molecule has 0 fully saturated rings. The largest absolute Gasteiger partial charge is 0.455 e. The lowest BCUT2D eigenvalue weighted by atomic mass is 9.99. The molecule has 166 valence electrons. The van der Waals surface area contributed by atoms with Crippen LogP contribution in [0.5, 0.6) is 0 Å². The van der Waals surface area contributed by atoms with Crippen LogP contribution in [0.1, 0.15) is 18.5 Å². The van der Waals surface area contributed by atoms with Crippen LogP contribution in [0.25, 0.3) is 33.7 Å². The Morgan fingerprint density at radius 2 is 1.94 bits per heavy atom. The van der Waals surface area contributed by atoms with Crippen molar-refractivity contribution in [3.05, 3.63) is 60.2 Å². The molecule has 2 aromatic heterocycles. The molecule has 5 rings (SSSR count). The first-order valence-corrected chi connectivity index (χ1v) is 12.1. The predicted octanol–water partition coefficient (Wildman–Crippen LogP) is 4.40. The number of likely N-dealkylation sites (N-methyl/N-ethyl adjacent to an activating group) is 1. The normalized spacial score (nSPS) is 17.5. The Kier molecular flexibility index (Phi) is 4.83. The van der Waals surface area contributed by atoms with E-state index in [1.165, 1.54) is 22.7 Å². The molecular weight excluding hydrogens is 431 g/mol. The first kappa shape index (κ1) is 20.7. The first-order chi connectivity index (χ1) is 15.2. The Labute approximate surface area is 185 Å². The zero-order chi connectivity index (χ0) is 22.6. The van der Waals surface area contributed by atoms with Crippen molar-refractivity contribution in [3.8, 4) is 22.7 Å². The van der Waals surface area contributed by atoms with E-state index >= 15 is 0 Å². The highest BCUT2D eigenvalue weighted by atomic mass is 32.2. The lowest BCUT2D eigenvalue weighted by molar-refractivity contribution is 0.276. The van der Waals surface area contributed by atoms with Gasteiger partial charge < -0.3 is 9.40 Å². The van der Waals surface area contributed by atoms with Gasteiger partial charge in [0.2, 0.25) is 10.0 Å². The number of nitrogens with zero attached hydrogens (tertiary/aromatic N) is 3. The minimum atomic E-state index is -3.48. The Morgan fingerprint density at radius 1 is 1.19 bits per heavy atom. The molecule has 0 saturated heterocycles. The van der Waals surface area contributed by atoms with E-state index in [2.05, 4.69) is 21.8 Å². The molecule has 0 saturated carbocycles. The van der Waals surface area contributed by atoms with E-state index in [4.69, 9.17) is 4.42 Å². The van der Waals surface area contributed by atoms with Crippen LogP contribution in [-0.4, -0.2) is 49.7 Å². The maximum atomic E-state index is 13.5. The summed E-state index contributed by atoms with van der Waals surface area (Å²) in [5, 5.41) is 0.814. The van der Waals surface area contributed by atoms with E-state index in [0.717, 1.165) is 16.5 Å². The van der Waals surface area contributed by atoms with E-state index in [9.17, 15) is 12.8 Å². The summed E-state index contributed by atoms with van der Waals surface area (Å²) in [5.74, 6) is 0.830. The lowest BCUT2D eigenvalue weighted by Crippen LogP contribution is -2.34. The summed E-state index contributed by atoms with van der Waals surface area (Å²) >= 11 is 0. The van der Waals surface area contributed by atoms with Crippen LogP contribution in [0.15, 0.2) is 53.2 Å². The second kappa shape index (κ2) is 7.46. The third-order valence-corrected chi connectivity index (χ3v) is 7.29. The lowest BCUT2D eigenvalue weighted by Gasteiger charge is -2.23. The molecule has 0 spiro atoms. The summed E-state index contributed by atoms with van der Waals surface area (Å²) in [6, 6.07) is 9.85. The quantitative estimate of drug-likeness (QED) is 0.496. The van der Waals surface area contributed by atoms with Crippen LogP contribution >= 0.6 is 0 Å². The van der Waals surface area contributed by atoms with E-state index in [1.807, 2.05) is 13.1 Å². The number of halogens is 1. The van der Waals surface area contributed by atoms with Gasteiger partial charge in [0.25, 0.3) is 0 Å². The number of furan rings is 1. The van der Waals surface area contributed by atoms with Crippen molar-refractivity contribution in [2.45, 2.75) is 13.0 Å². The molecule has 1 unspecified atom stereocenters. The maximum absolute atomic E-state index is 13.5. The third-order valence-electron chi connectivity index (χ3n) is 6.11. The Morgan fingerprint density at radius 3 is 2.59 bits per heavy atom. The number of H-pyrrole nitrogens is 1. The van der Waals surface area contributed by atoms with E-state index in [0.29, 0.717) is 41.5 Å². The topological polar surface area (TPSA) is 82.4 Å². The molecular formula is C23H23FN4O3S. The van der Waals surface area contributed by atoms with Crippen molar-refractivity contribution in [1.82, 2.24) is 14.9 Å². The number of hydrogen-bond donors (Lipinski definition) is 1. The number of rotatable bonds is 3. The molecule has 1 N–H and O–H groups in total. The zero-order valence-corrected chi connectivity index (χ0v) is 18.8. The van der Waals surface area contributed by atoms with Crippen molar-refractivity contribution in [2.75, 3.05) is 30.7 Å². The fourth-order valence-corrected chi connectivity index (χ4v) is 5.21. The molecule has 7 nitrogen and oxygen atoms in total. The molecule has 0 radical (unpaired) electrons. The van der Waals surface area contributed by atoms with Crippen LogP contribution in [0, 0.1) is 5.82 Å². The number of aromatic nitrogens is 2. The summed E-state index contributed by atoms with van der Waals surface area (Å²) in [6.45, 7) is 3.02. The van der Waals surface area contributed by atoms with Gasteiger partial charge in [-0.15, -0.1) is 0 Å². The van der Waals surface area contributed by atoms with Gasteiger partial charge in [-0.1, -0.05) is 0 Å². The standard InChI is InChI=1S/C23H23FN4O3S/c1-14-17-12-18-20(13-19(17)28(32(3,29)30)11-10-27(14)2)31-22(15-4-6-16(24)7-5-15)21(18)23-25-8-9-26-23/h4-9,12-14H,10-11H2,1-3H3,(H,25,26). The SMILES string of the molecule is CC1c2cc3c(-c4ncc[nH]4)c(-c4ccc(F)cc4)oc3cc2N(S(C)(=O)=O)CCN1C. The van der Waals surface area contributed by atoms with Crippen LogP contribution < -0.4 is 4.31 Å². The Hall–Kier alpha value is -3.17. The van der Waals surface area contributed by atoms with E-state index in [1.54, 1.807) is 30.6 Å². The van der Waals surface area contributed by atoms with Crippen molar-refractivity contribution in [1.29, 1.82) is 0 Å². The summed E-state index contributed by atoms with van der Waals surface area (Å²) in [5.41, 5.74) is 3.50.